The fourth-order valence-electron chi connectivity index (χ4n) is 4.84. The van der Waals surface area contributed by atoms with E-state index < -0.39 is 29.1 Å². The Kier molecular flexibility index (Phi) is 3.24. The number of fused-ring (bicyclic) bond motifs is 5. The smallest absolute Gasteiger partial charge is 0.240 e. The Labute approximate surface area is 150 Å². The van der Waals surface area contributed by atoms with E-state index in [2.05, 4.69) is 0 Å². The fourth-order valence-corrected chi connectivity index (χ4v) is 5.07. The first-order valence-electron chi connectivity index (χ1n) is 8.26. The second-order valence-corrected chi connectivity index (χ2v) is 8.09. The Morgan fingerprint density at radius 3 is 2.56 bits per heavy atom. The first kappa shape index (κ1) is 16.6. The van der Waals surface area contributed by atoms with E-state index in [9.17, 15) is 14.7 Å². The van der Waals surface area contributed by atoms with E-state index in [0.29, 0.717) is 12.1 Å². The molecule has 6 nitrogen and oxygen atoms in total. The summed E-state index contributed by atoms with van der Waals surface area (Å²) in [5.41, 5.74) is 5.88. The highest BCUT2D eigenvalue weighted by molar-refractivity contribution is 7.80. The van der Waals surface area contributed by atoms with Crippen LogP contribution in [-0.4, -0.2) is 39.2 Å². The van der Waals surface area contributed by atoms with Crippen LogP contribution in [0.4, 0.5) is 5.69 Å². The van der Waals surface area contributed by atoms with Crippen molar-refractivity contribution in [2.75, 3.05) is 4.90 Å². The van der Waals surface area contributed by atoms with E-state index in [1.807, 2.05) is 13.8 Å². The number of benzene rings is 1. The van der Waals surface area contributed by atoms with Crippen LogP contribution in [0.1, 0.15) is 31.4 Å². The minimum Gasteiger partial charge on any atom is -0.390 e. The second-order valence-electron chi connectivity index (χ2n) is 7.65. The normalized spacial score (nSPS) is 39.2. The monoisotopic (exact) mass is 360 g/mol. The van der Waals surface area contributed by atoms with Crippen LogP contribution in [0.2, 0.25) is 0 Å². The molecular weight excluding hydrogens is 340 g/mol. The van der Waals surface area contributed by atoms with E-state index in [0.717, 1.165) is 11.1 Å². The number of nitrogens with two attached hydrogens (primary N) is 1. The SMILES string of the molecule is Cc1cc(N2C(=O)[C@@H]3[C@H](C2=O)C2(C)C[C@H](O)C3(C)O2)ccc1C(N)=S. The van der Waals surface area contributed by atoms with Crippen molar-refractivity contribution < 1.29 is 19.4 Å². The summed E-state index contributed by atoms with van der Waals surface area (Å²) in [5, 5.41) is 10.4. The minimum absolute atomic E-state index is 0.268. The number of amides is 2. The van der Waals surface area contributed by atoms with Gasteiger partial charge in [-0.25, -0.2) is 4.90 Å². The van der Waals surface area contributed by atoms with Crippen molar-refractivity contribution >= 4 is 34.7 Å². The van der Waals surface area contributed by atoms with Gasteiger partial charge in [-0.3, -0.25) is 9.59 Å². The molecule has 1 aromatic rings. The number of carbonyl (C=O) groups is 2. The van der Waals surface area contributed by atoms with Crippen molar-refractivity contribution in [2.45, 2.75) is 44.5 Å². The zero-order chi connectivity index (χ0) is 18.3. The number of hydrogen-bond acceptors (Lipinski definition) is 5. The molecule has 0 aliphatic carbocycles. The van der Waals surface area contributed by atoms with Gasteiger partial charge in [0.1, 0.15) is 10.6 Å². The zero-order valence-corrected chi connectivity index (χ0v) is 15.1. The van der Waals surface area contributed by atoms with Crippen molar-refractivity contribution in [2.24, 2.45) is 17.6 Å². The van der Waals surface area contributed by atoms with Crippen LogP contribution in [-0.2, 0) is 14.3 Å². The molecule has 5 atom stereocenters. The zero-order valence-electron chi connectivity index (χ0n) is 14.3. The first-order valence-corrected chi connectivity index (χ1v) is 8.67. The van der Waals surface area contributed by atoms with E-state index in [1.54, 1.807) is 25.1 Å². The number of thiocarbonyl (C=S) groups is 1. The molecule has 132 valence electrons. The van der Waals surface area contributed by atoms with Crippen molar-refractivity contribution in [3.8, 4) is 0 Å². The van der Waals surface area contributed by atoms with Crippen LogP contribution in [0, 0.1) is 18.8 Å². The molecule has 0 spiro atoms. The molecule has 3 N–H and O–H groups in total. The molecule has 2 amide bonds. The molecular formula is C18H20N2O4S. The lowest BCUT2D eigenvalue weighted by Crippen LogP contribution is -2.49. The molecule has 7 heteroatoms. The molecule has 0 saturated carbocycles. The third-order valence-electron chi connectivity index (χ3n) is 6.03. The summed E-state index contributed by atoms with van der Waals surface area (Å²) in [6.07, 6.45) is -0.397. The summed E-state index contributed by atoms with van der Waals surface area (Å²) in [5.74, 6) is -1.81. The molecule has 3 aliphatic rings. The third kappa shape index (κ3) is 1.94. The number of aryl methyl sites for hydroxylation is 1. The van der Waals surface area contributed by atoms with Crippen LogP contribution < -0.4 is 10.6 Å². The number of anilines is 1. The first-order chi connectivity index (χ1) is 11.6. The number of aliphatic hydroxyl groups excluding tert-OH is 1. The highest BCUT2D eigenvalue weighted by atomic mass is 32.1. The molecule has 3 fully saturated rings. The van der Waals surface area contributed by atoms with Crippen LogP contribution >= 0.6 is 12.2 Å². The quantitative estimate of drug-likeness (QED) is 0.605. The van der Waals surface area contributed by atoms with Crippen LogP contribution in [0.25, 0.3) is 0 Å². The lowest BCUT2D eigenvalue weighted by Gasteiger charge is -2.31. The lowest BCUT2D eigenvalue weighted by atomic mass is 9.67. The van der Waals surface area contributed by atoms with E-state index in [-0.39, 0.29) is 16.8 Å². The van der Waals surface area contributed by atoms with E-state index in [1.165, 1.54) is 4.90 Å². The van der Waals surface area contributed by atoms with Gasteiger partial charge >= 0.3 is 0 Å². The summed E-state index contributed by atoms with van der Waals surface area (Å²) in [7, 11) is 0. The van der Waals surface area contributed by atoms with Gasteiger partial charge in [-0.15, -0.1) is 0 Å². The molecule has 2 bridgehead atoms. The molecule has 0 radical (unpaired) electrons. The average molecular weight is 360 g/mol. The number of ether oxygens (including phenoxy) is 1. The van der Waals surface area contributed by atoms with E-state index in [4.69, 9.17) is 22.7 Å². The number of hydrogen-bond donors (Lipinski definition) is 2. The van der Waals surface area contributed by atoms with Gasteiger partial charge in [-0.05, 0) is 44.5 Å². The summed E-state index contributed by atoms with van der Waals surface area (Å²) in [6, 6.07) is 5.16. The summed E-state index contributed by atoms with van der Waals surface area (Å²) < 4.78 is 5.97. The maximum atomic E-state index is 13.1. The van der Waals surface area contributed by atoms with Gasteiger partial charge in [0, 0.05) is 12.0 Å². The van der Waals surface area contributed by atoms with Crippen molar-refractivity contribution in [3.05, 3.63) is 29.3 Å². The lowest BCUT2D eigenvalue weighted by molar-refractivity contribution is -0.132. The van der Waals surface area contributed by atoms with Gasteiger partial charge in [-0.1, -0.05) is 12.2 Å². The van der Waals surface area contributed by atoms with Crippen molar-refractivity contribution in [3.63, 3.8) is 0 Å². The van der Waals surface area contributed by atoms with Crippen LogP contribution in [0.5, 0.6) is 0 Å². The number of carbonyl (C=O) groups excluding carboxylic acids is 2. The van der Waals surface area contributed by atoms with Gasteiger partial charge in [0.25, 0.3) is 0 Å². The molecule has 3 saturated heterocycles. The van der Waals surface area contributed by atoms with E-state index >= 15 is 0 Å². The largest absolute Gasteiger partial charge is 0.390 e. The Morgan fingerprint density at radius 2 is 1.96 bits per heavy atom. The summed E-state index contributed by atoms with van der Waals surface area (Å²) in [4.78, 5) is 27.6. The molecule has 4 rings (SSSR count). The third-order valence-corrected chi connectivity index (χ3v) is 6.25. The fraction of sp³-hybridized carbons (Fsp3) is 0.500. The highest BCUT2D eigenvalue weighted by Gasteiger charge is 2.75. The average Bonchev–Trinajstić information content (AvgIpc) is 3.00. The van der Waals surface area contributed by atoms with Gasteiger partial charge in [0.2, 0.25) is 11.8 Å². The highest BCUT2D eigenvalue weighted by Crippen LogP contribution is 2.60. The molecule has 25 heavy (non-hydrogen) atoms. The van der Waals surface area contributed by atoms with Crippen molar-refractivity contribution in [1.82, 2.24) is 0 Å². The molecule has 3 aliphatic heterocycles. The number of nitrogens with zero attached hydrogens (tertiary/aromatic N) is 1. The van der Waals surface area contributed by atoms with Crippen LogP contribution in [0.15, 0.2) is 18.2 Å². The number of aliphatic hydroxyl groups is 1. The molecule has 3 heterocycles. The molecule has 0 aromatic heterocycles. The Balaban J connectivity index is 1.77. The maximum absolute atomic E-state index is 13.1. The predicted octanol–water partition coefficient (Wildman–Crippen LogP) is 1.05. The number of imide groups is 1. The molecule has 1 aromatic carbocycles. The van der Waals surface area contributed by atoms with Crippen LogP contribution in [0.3, 0.4) is 0 Å². The van der Waals surface area contributed by atoms with Gasteiger partial charge in [0.15, 0.2) is 0 Å². The summed E-state index contributed by atoms with van der Waals surface area (Å²) >= 11 is 5.01. The van der Waals surface area contributed by atoms with Gasteiger partial charge in [-0.2, -0.15) is 0 Å². The Hall–Kier alpha value is -1.83. The minimum atomic E-state index is -1.02. The number of rotatable bonds is 2. The predicted molar refractivity (Wildman–Crippen MR) is 95.1 cm³/mol. The van der Waals surface area contributed by atoms with Gasteiger partial charge in [0.05, 0.1) is 29.2 Å². The van der Waals surface area contributed by atoms with Gasteiger partial charge < -0.3 is 15.6 Å². The van der Waals surface area contributed by atoms with Crippen molar-refractivity contribution in [1.29, 1.82) is 0 Å². The second kappa shape index (κ2) is 4.87. The topological polar surface area (TPSA) is 92.9 Å². The standard InChI is InChI=1S/C18H20N2O4S/c1-8-6-9(4-5-10(8)14(19)25)20-15(22)12-13(16(20)23)18(3)11(21)7-17(12,2)24-18/h4-6,11-13,21H,7H2,1-3H3,(H2,19,25)/t11-,12+,13-,17?,18?/m0/s1. The summed E-state index contributed by atoms with van der Waals surface area (Å²) in [6.45, 7) is 5.37. The maximum Gasteiger partial charge on any atom is 0.240 e. The molecule has 2 unspecified atom stereocenters. The Bertz CT molecular complexity index is 840. The Morgan fingerprint density at radius 1 is 1.32 bits per heavy atom.